The molecule has 3 N–H and O–H groups in total. The van der Waals surface area contributed by atoms with E-state index in [0.29, 0.717) is 23.2 Å². The van der Waals surface area contributed by atoms with E-state index in [-0.39, 0.29) is 29.1 Å². The van der Waals surface area contributed by atoms with Gasteiger partial charge in [0, 0.05) is 12.0 Å². The van der Waals surface area contributed by atoms with E-state index in [1.807, 2.05) is 6.92 Å². The molecule has 0 spiro atoms. The first-order valence-electron chi connectivity index (χ1n) is 7.68. The highest BCUT2D eigenvalue weighted by Crippen LogP contribution is 2.49. The first-order chi connectivity index (χ1) is 10.5. The summed E-state index contributed by atoms with van der Waals surface area (Å²) < 4.78 is 0. The fourth-order valence-corrected chi connectivity index (χ4v) is 2.84. The predicted molar refractivity (Wildman–Crippen MR) is 81.4 cm³/mol. The average Bonchev–Trinajstić information content (AvgIpc) is 3.28. The summed E-state index contributed by atoms with van der Waals surface area (Å²) in [6.45, 7) is 2.00. The molecular formula is C17H19NO4. The minimum absolute atomic E-state index is 0.162. The molecule has 1 aromatic carbocycles. The van der Waals surface area contributed by atoms with Crippen molar-refractivity contribution < 1.29 is 19.8 Å². The Bertz CT molecular complexity index is 686. The number of benzene rings is 1. The molecule has 0 unspecified atom stereocenters. The lowest BCUT2D eigenvalue weighted by Crippen LogP contribution is -2.26. The van der Waals surface area contributed by atoms with E-state index < -0.39 is 0 Å². The van der Waals surface area contributed by atoms with Crippen LogP contribution in [0.25, 0.3) is 5.57 Å². The van der Waals surface area contributed by atoms with Crippen molar-refractivity contribution in [3.63, 3.8) is 0 Å². The van der Waals surface area contributed by atoms with Crippen LogP contribution in [0.4, 0.5) is 0 Å². The first kappa shape index (κ1) is 14.6. The lowest BCUT2D eigenvalue weighted by molar-refractivity contribution is -0.120. The molecule has 1 saturated carbocycles. The van der Waals surface area contributed by atoms with Crippen molar-refractivity contribution in [3.05, 3.63) is 29.0 Å². The Morgan fingerprint density at radius 1 is 1.23 bits per heavy atom. The molecule has 0 aliphatic heterocycles. The summed E-state index contributed by atoms with van der Waals surface area (Å²) in [5.41, 5.74) is 2.11. The molecule has 22 heavy (non-hydrogen) atoms. The molecule has 0 bridgehead atoms. The fourth-order valence-electron chi connectivity index (χ4n) is 2.84. The lowest BCUT2D eigenvalue weighted by Gasteiger charge is -2.08. The molecule has 0 radical (unpaired) electrons. The smallest absolute Gasteiger partial charge is 0.224 e. The number of hydrogen-bond acceptors (Lipinski definition) is 4. The van der Waals surface area contributed by atoms with Crippen LogP contribution >= 0.6 is 0 Å². The minimum Gasteiger partial charge on any atom is -0.504 e. The van der Waals surface area contributed by atoms with Crippen LogP contribution in [0.3, 0.4) is 0 Å². The van der Waals surface area contributed by atoms with E-state index in [2.05, 4.69) is 5.32 Å². The summed E-state index contributed by atoms with van der Waals surface area (Å²) in [6.07, 6.45) is 4.02. The number of carbonyl (C=O) groups excluding carboxylic acids is 2. The average molecular weight is 301 g/mol. The number of unbranched alkanes of at least 4 members (excludes halogenated alkanes) is 1. The number of nitrogens with one attached hydrogen (secondary N) is 1. The number of carbonyl (C=O) groups is 2. The van der Waals surface area contributed by atoms with E-state index >= 15 is 0 Å². The molecule has 0 heterocycles. The van der Waals surface area contributed by atoms with Crippen molar-refractivity contribution >= 4 is 17.3 Å². The van der Waals surface area contributed by atoms with Crippen LogP contribution in [0, 0.1) is 5.92 Å². The number of rotatable bonds is 5. The summed E-state index contributed by atoms with van der Waals surface area (Å²) in [4.78, 5) is 24.5. The number of aromatic hydroxyl groups is 2. The number of phenols is 2. The van der Waals surface area contributed by atoms with Crippen LogP contribution in [0.15, 0.2) is 17.8 Å². The summed E-state index contributed by atoms with van der Waals surface area (Å²) in [6, 6.07) is 2.70. The van der Waals surface area contributed by atoms with Crippen molar-refractivity contribution in [1.82, 2.24) is 5.32 Å². The summed E-state index contributed by atoms with van der Waals surface area (Å²) >= 11 is 0. The van der Waals surface area contributed by atoms with Gasteiger partial charge in [0.15, 0.2) is 11.5 Å². The summed E-state index contributed by atoms with van der Waals surface area (Å²) in [7, 11) is 0. The van der Waals surface area contributed by atoms with Crippen molar-refractivity contribution in [2.75, 3.05) is 0 Å². The Balaban J connectivity index is 1.96. The third-order valence-electron chi connectivity index (χ3n) is 4.15. The second-order valence-electron chi connectivity index (χ2n) is 5.93. The monoisotopic (exact) mass is 301 g/mol. The van der Waals surface area contributed by atoms with Gasteiger partial charge in [-0.2, -0.15) is 0 Å². The van der Waals surface area contributed by atoms with Crippen LogP contribution in [0.5, 0.6) is 11.5 Å². The SMILES string of the molecule is CCCCC(=O)NC1=C(C2CC2)c2cc(O)c(O)cc2C1=O. The number of allylic oxidation sites excluding steroid dienone is 2. The Kier molecular flexibility index (Phi) is 3.64. The van der Waals surface area contributed by atoms with Gasteiger partial charge in [-0.1, -0.05) is 13.3 Å². The van der Waals surface area contributed by atoms with Crippen LogP contribution in [-0.4, -0.2) is 21.9 Å². The van der Waals surface area contributed by atoms with Crippen LogP contribution in [-0.2, 0) is 4.79 Å². The molecule has 0 saturated heterocycles. The van der Waals surface area contributed by atoms with Gasteiger partial charge < -0.3 is 15.5 Å². The second kappa shape index (κ2) is 5.48. The van der Waals surface area contributed by atoms with Crippen LogP contribution in [0.1, 0.15) is 54.9 Å². The highest BCUT2D eigenvalue weighted by Gasteiger charge is 2.39. The van der Waals surface area contributed by atoms with Gasteiger partial charge in [-0.25, -0.2) is 0 Å². The maximum Gasteiger partial charge on any atom is 0.224 e. The Morgan fingerprint density at radius 2 is 1.86 bits per heavy atom. The minimum atomic E-state index is -0.319. The number of Topliss-reactive ketones (excluding diaryl/α,β-unsaturated/α-hetero) is 1. The molecule has 1 amide bonds. The van der Waals surface area contributed by atoms with E-state index in [0.717, 1.165) is 31.3 Å². The van der Waals surface area contributed by atoms with Crippen molar-refractivity contribution in [2.24, 2.45) is 5.92 Å². The summed E-state index contributed by atoms with van der Waals surface area (Å²) in [5, 5.41) is 22.1. The van der Waals surface area contributed by atoms with Gasteiger partial charge in [0.25, 0.3) is 0 Å². The molecule has 1 fully saturated rings. The van der Waals surface area contributed by atoms with Gasteiger partial charge in [0.2, 0.25) is 11.7 Å². The van der Waals surface area contributed by atoms with E-state index in [1.54, 1.807) is 0 Å². The van der Waals surface area contributed by atoms with Gasteiger partial charge in [-0.05, 0) is 48.4 Å². The van der Waals surface area contributed by atoms with E-state index in [4.69, 9.17) is 0 Å². The zero-order valence-corrected chi connectivity index (χ0v) is 12.5. The fraction of sp³-hybridized carbons (Fsp3) is 0.412. The van der Waals surface area contributed by atoms with Crippen LogP contribution in [0.2, 0.25) is 0 Å². The number of fused-ring (bicyclic) bond motifs is 1. The molecule has 0 atom stereocenters. The largest absolute Gasteiger partial charge is 0.504 e. The Morgan fingerprint density at radius 3 is 2.45 bits per heavy atom. The van der Waals surface area contributed by atoms with Crippen molar-refractivity contribution in [1.29, 1.82) is 0 Å². The molecule has 5 nitrogen and oxygen atoms in total. The summed E-state index contributed by atoms with van der Waals surface area (Å²) in [5.74, 6) is -0.763. The zero-order chi connectivity index (χ0) is 15.9. The highest BCUT2D eigenvalue weighted by molar-refractivity contribution is 6.22. The molecular weight excluding hydrogens is 282 g/mol. The lowest BCUT2D eigenvalue weighted by atomic mass is 10.0. The first-order valence-corrected chi connectivity index (χ1v) is 7.68. The number of amides is 1. The Hall–Kier alpha value is -2.30. The van der Waals surface area contributed by atoms with E-state index in [1.165, 1.54) is 12.1 Å². The number of phenolic OH excluding ortho intramolecular Hbond substituents is 2. The molecule has 0 aromatic heterocycles. The maximum absolute atomic E-state index is 12.5. The van der Waals surface area contributed by atoms with Gasteiger partial charge in [0.05, 0.1) is 5.70 Å². The maximum atomic E-state index is 12.5. The van der Waals surface area contributed by atoms with Gasteiger partial charge >= 0.3 is 0 Å². The van der Waals surface area contributed by atoms with Crippen LogP contribution < -0.4 is 5.32 Å². The van der Waals surface area contributed by atoms with Gasteiger partial charge in [0.1, 0.15) is 0 Å². The van der Waals surface area contributed by atoms with Gasteiger partial charge in [-0.15, -0.1) is 0 Å². The molecule has 3 rings (SSSR count). The van der Waals surface area contributed by atoms with E-state index in [9.17, 15) is 19.8 Å². The third kappa shape index (κ3) is 2.47. The topological polar surface area (TPSA) is 86.6 Å². The number of hydrogen-bond donors (Lipinski definition) is 3. The highest BCUT2D eigenvalue weighted by atomic mass is 16.3. The molecule has 2 aliphatic carbocycles. The zero-order valence-electron chi connectivity index (χ0n) is 12.5. The molecule has 5 heteroatoms. The van der Waals surface area contributed by atoms with Crippen molar-refractivity contribution in [3.8, 4) is 11.5 Å². The quantitative estimate of drug-likeness (QED) is 0.730. The predicted octanol–water partition coefficient (Wildman–Crippen LogP) is 2.72. The third-order valence-corrected chi connectivity index (χ3v) is 4.15. The normalized spacial score (nSPS) is 16.9. The molecule has 1 aromatic rings. The van der Waals surface area contributed by atoms with Gasteiger partial charge in [-0.3, -0.25) is 9.59 Å². The molecule has 116 valence electrons. The Labute approximate surface area is 128 Å². The molecule has 2 aliphatic rings. The second-order valence-corrected chi connectivity index (χ2v) is 5.93. The van der Waals surface area contributed by atoms with Crippen molar-refractivity contribution in [2.45, 2.75) is 39.0 Å². The number of ketones is 1. The standard InChI is InChI=1S/C17H19NO4/c1-2-3-4-14(21)18-16-15(9-5-6-9)10-7-12(19)13(20)8-11(10)17(16)22/h7-9,19-20H,2-6H2,1H3,(H,18,21,22).